The van der Waals surface area contributed by atoms with Gasteiger partial charge in [0, 0.05) is 23.3 Å². The lowest BCUT2D eigenvalue weighted by molar-refractivity contribution is -0.116. The minimum atomic E-state index is -0.112. The largest absolute Gasteiger partial charge is 0.327 e. The van der Waals surface area contributed by atoms with Crippen LogP contribution in [0.4, 0.5) is 5.13 Å². The Morgan fingerprint density at radius 2 is 2.33 bits per heavy atom. The fourth-order valence-electron chi connectivity index (χ4n) is 2.15. The molecule has 0 radical (unpaired) electrons. The van der Waals surface area contributed by atoms with E-state index in [-0.39, 0.29) is 43.3 Å². The molecule has 1 aliphatic rings. The quantitative estimate of drug-likeness (QED) is 0.881. The van der Waals surface area contributed by atoms with Gasteiger partial charge in [-0.15, -0.1) is 36.2 Å². The molecule has 0 unspecified atom stereocenters. The van der Waals surface area contributed by atoms with Crippen LogP contribution in [0.1, 0.15) is 17.0 Å². The van der Waals surface area contributed by atoms with Gasteiger partial charge in [0.25, 0.3) is 0 Å². The van der Waals surface area contributed by atoms with Crippen LogP contribution in [0.15, 0.2) is 18.5 Å². The number of hydrogen-bond donors (Lipinski definition) is 2. The van der Waals surface area contributed by atoms with E-state index < -0.39 is 0 Å². The van der Waals surface area contributed by atoms with E-state index in [0.29, 0.717) is 5.13 Å². The Morgan fingerprint density at radius 1 is 1.52 bits per heavy atom. The molecule has 2 aromatic rings. The number of carbonyl (C=O) groups is 1. The molecule has 0 saturated heterocycles. The summed E-state index contributed by atoms with van der Waals surface area (Å²) in [7, 11) is 0. The second kappa shape index (κ2) is 7.74. The highest BCUT2D eigenvalue weighted by molar-refractivity contribution is 7.15. The molecule has 0 aliphatic heterocycles. The number of aromatic nitrogens is 3. The molecule has 2 heterocycles. The molecule has 1 aliphatic carbocycles. The third-order valence-electron chi connectivity index (χ3n) is 3.09. The predicted octanol–water partition coefficient (Wildman–Crippen LogP) is 1.64. The second-order valence-electron chi connectivity index (χ2n) is 4.64. The summed E-state index contributed by atoms with van der Waals surface area (Å²) in [4.78, 5) is 17.5. The van der Waals surface area contributed by atoms with Gasteiger partial charge >= 0.3 is 0 Å². The summed E-state index contributed by atoms with van der Waals surface area (Å²) >= 11 is 1.53. The van der Waals surface area contributed by atoms with Crippen molar-refractivity contribution in [3.63, 3.8) is 0 Å². The number of carbonyl (C=O) groups excluding carboxylic acids is 1. The summed E-state index contributed by atoms with van der Waals surface area (Å²) in [5.74, 6) is -0.112. The molecule has 116 valence electrons. The van der Waals surface area contributed by atoms with Crippen LogP contribution in [0.25, 0.3) is 0 Å². The molecule has 9 heteroatoms. The number of nitrogens with two attached hydrogens (primary N) is 1. The number of amides is 1. The van der Waals surface area contributed by atoms with Crippen molar-refractivity contribution < 1.29 is 4.79 Å². The lowest BCUT2D eigenvalue weighted by Gasteiger charge is -2.15. The van der Waals surface area contributed by atoms with Gasteiger partial charge in [-0.2, -0.15) is 5.10 Å². The summed E-state index contributed by atoms with van der Waals surface area (Å²) in [6.45, 7) is 0.205. The van der Waals surface area contributed by atoms with E-state index >= 15 is 0 Å². The lowest BCUT2D eigenvalue weighted by Crippen LogP contribution is -2.27. The molecule has 6 nitrogen and oxygen atoms in total. The normalized spacial score (nSPS) is 16.3. The van der Waals surface area contributed by atoms with E-state index in [4.69, 9.17) is 5.73 Å². The first-order valence-electron chi connectivity index (χ1n) is 6.22. The summed E-state index contributed by atoms with van der Waals surface area (Å²) < 4.78 is 1.58. The fourth-order valence-corrected chi connectivity index (χ4v) is 3.27. The summed E-state index contributed by atoms with van der Waals surface area (Å²) in [5, 5.41) is 7.48. The van der Waals surface area contributed by atoms with Crippen LogP contribution in [0.2, 0.25) is 0 Å². The minimum Gasteiger partial charge on any atom is -0.327 e. The Morgan fingerprint density at radius 3 is 3.05 bits per heavy atom. The Kier molecular flexibility index (Phi) is 6.60. The van der Waals surface area contributed by atoms with E-state index in [1.165, 1.54) is 16.2 Å². The van der Waals surface area contributed by atoms with Gasteiger partial charge in [0.1, 0.15) is 6.54 Å². The number of nitrogens with one attached hydrogen (secondary N) is 1. The fraction of sp³-hybridized carbons (Fsp3) is 0.417. The summed E-state index contributed by atoms with van der Waals surface area (Å²) in [6.07, 6.45) is 6.14. The topological polar surface area (TPSA) is 85.8 Å². The number of halogens is 2. The van der Waals surface area contributed by atoms with Gasteiger partial charge in [0.15, 0.2) is 5.13 Å². The predicted molar refractivity (Wildman–Crippen MR) is 87.5 cm³/mol. The first-order valence-corrected chi connectivity index (χ1v) is 7.04. The van der Waals surface area contributed by atoms with Crippen LogP contribution < -0.4 is 11.1 Å². The average molecular weight is 350 g/mol. The van der Waals surface area contributed by atoms with Crippen molar-refractivity contribution in [2.24, 2.45) is 5.73 Å². The number of rotatable bonds is 3. The van der Waals surface area contributed by atoms with E-state index in [1.807, 2.05) is 0 Å². The molecular weight excluding hydrogens is 333 g/mol. The zero-order valence-electron chi connectivity index (χ0n) is 11.2. The third kappa shape index (κ3) is 4.41. The highest BCUT2D eigenvalue weighted by atomic mass is 35.5. The Labute approximate surface area is 138 Å². The summed E-state index contributed by atoms with van der Waals surface area (Å²) in [6, 6.07) is 2.01. The molecule has 0 spiro atoms. The van der Waals surface area contributed by atoms with Crippen molar-refractivity contribution in [3.8, 4) is 0 Å². The standard InChI is InChI=1S/C12H15N5OS.2ClH/c13-8-2-3-9-10(6-8)19-12(15-9)16-11(18)7-17-5-1-4-14-17;;/h1,4-5,8H,2-3,6-7,13H2,(H,15,16,18);2*1H/t8-;;/m0../s1. The first-order chi connectivity index (χ1) is 9.20. The number of aryl methyl sites for hydroxylation is 1. The molecule has 0 fully saturated rings. The van der Waals surface area contributed by atoms with Gasteiger partial charge in [-0.3, -0.25) is 9.48 Å². The molecule has 3 rings (SSSR count). The number of hydrogen-bond acceptors (Lipinski definition) is 5. The SMILES string of the molecule is Cl.Cl.N[C@H]1CCc2nc(NC(=O)Cn3cccn3)sc2C1. The maximum Gasteiger partial charge on any atom is 0.247 e. The molecule has 1 atom stereocenters. The van der Waals surface area contributed by atoms with Crippen molar-refractivity contribution in [1.29, 1.82) is 0 Å². The van der Waals surface area contributed by atoms with E-state index in [2.05, 4.69) is 15.4 Å². The molecular formula is C12H17Cl2N5OS. The average Bonchev–Trinajstić information content (AvgIpc) is 2.97. The number of thiazole rings is 1. The molecule has 1 amide bonds. The summed E-state index contributed by atoms with van der Waals surface area (Å²) in [5.41, 5.74) is 7.01. The maximum absolute atomic E-state index is 11.8. The molecule has 0 aromatic carbocycles. The van der Waals surface area contributed by atoms with Crippen LogP contribution in [0.5, 0.6) is 0 Å². The molecule has 0 bridgehead atoms. The van der Waals surface area contributed by atoms with Crippen LogP contribution >= 0.6 is 36.2 Å². The van der Waals surface area contributed by atoms with Crippen molar-refractivity contribution in [2.75, 3.05) is 5.32 Å². The first kappa shape index (κ1) is 17.9. The molecule has 2 aromatic heterocycles. The van der Waals surface area contributed by atoms with Crippen molar-refractivity contribution in [1.82, 2.24) is 14.8 Å². The van der Waals surface area contributed by atoms with Crippen LogP contribution in [0.3, 0.4) is 0 Å². The van der Waals surface area contributed by atoms with Gasteiger partial charge < -0.3 is 11.1 Å². The monoisotopic (exact) mass is 349 g/mol. The number of nitrogens with zero attached hydrogens (tertiary/aromatic N) is 3. The smallest absolute Gasteiger partial charge is 0.247 e. The van der Waals surface area contributed by atoms with Crippen molar-refractivity contribution in [3.05, 3.63) is 29.0 Å². The van der Waals surface area contributed by atoms with Crippen LogP contribution in [-0.2, 0) is 24.2 Å². The van der Waals surface area contributed by atoms with E-state index in [1.54, 1.807) is 23.1 Å². The molecule has 21 heavy (non-hydrogen) atoms. The zero-order valence-corrected chi connectivity index (χ0v) is 13.6. The third-order valence-corrected chi connectivity index (χ3v) is 4.12. The van der Waals surface area contributed by atoms with Crippen LogP contribution in [-0.4, -0.2) is 26.7 Å². The van der Waals surface area contributed by atoms with Gasteiger partial charge in [0.2, 0.25) is 5.91 Å². The number of anilines is 1. The van der Waals surface area contributed by atoms with Crippen molar-refractivity contribution in [2.45, 2.75) is 31.8 Å². The van der Waals surface area contributed by atoms with Gasteiger partial charge in [0.05, 0.1) is 5.69 Å². The second-order valence-corrected chi connectivity index (χ2v) is 5.73. The Hall–Kier alpha value is -1.15. The highest BCUT2D eigenvalue weighted by Gasteiger charge is 2.20. The van der Waals surface area contributed by atoms with Crippen molar-refractivity contribution >= 4 is 47.2 Å². The Balaban J connectivity index is 0.00000110. The highest BCUT2D eigenvalue weighted by Crippen LogP contribution is 2.29. The zero-order chi connectivity index (χ0) is 13.2. The lowest BCUT2D eigenvalue weighted by atomic mass is 9.99. The Bertz CT molecular complexity index is 586. The maximum atomic E-state index is 11.8. The van der Waals surface area contributed by atoms with Crippen LogP contribution in [0, 0.1) is 0 Å². The number of fused-ring (bicyclic) bond motifs is 1. The molecule has 0 saturated carbocycles. The van der Waals surface area contributed by atoms with E-state index in [9.17, 15) is 4.79 Å². The van der Waals surface area contributed by atoms with Gasteiger partial charge in [-0.05, 0) is 25.3 Å². The molecule has 3 N–H and O–H groups in total. The minimum absolute atomic E-state index is 0. The van der Waals surface area contributed by atoms with E-state index in [0.717, 1.165) is 25.0 Å². The van der Waals surface area contributed by atoms with Gasteiger partial charge in [-0.25, -0.2) is 4.98 Å². The van der Waals surface area contributed by atoms with Gasteiger partial charge in [-0.1, -0.05) is 0 Å².